The highest BCUT2D eigenvalue weighted by Gasteiger charge is 2.30. The number of thioether (sulfide) groups is 1. The van der Waals surface area contributed by atoms with Gasteiger partial charge in [0.25, 0.3) is 0 Å². The first-order chi connectivity index (χ1) is 14.4. The Balaban J connectivity index is 5.24. The lowest BCUT2D eigenvalue weighted by molar-refractivity contribution is -0.143. The highest BCUT2D eigenvalue weighted by Crippen LogP contribution is 2.05. The molecule has 0 aliphatic carbocycles. The number of nitrogens with one attached hydrogen (secondary N) is 3. The van der Waals surface area contributed by atoms with Crippen LogP contribution in [0.25, 0.3) is 0 Å². The third-order valence-electron chi connectivity index (χ3n) is 4.14. The van der Waals surface area contributed by atoms with Crippen LogP contribution in [0.1, 0.15) is 26.2 Å². The first-order valence-corrected chi connectivity index (χ1v) is 11.4. The summed E-state index contributed by atoms with van der Waals surface area (Å²) in [5, 5.41) is 34.3. The molecule has 0 radical (unpaired) electrons. The van der Waals surface area contributed by atoms with E-state index in [2.05, 4.69) is 28.6 Å². The highest BCUT2D eigenvalue weighted by atomic mass is 32.2. The molecule has 0 fully saturated rings. The second-order valence-corrected chi connectivity index (χ2v) is 8.04. The zero-order valence-electron chi connectivity index (χ0n) is 17.2. The predicted molar refractivity (Wildman–Crippen MR) is 117 cm³/mol. The van der Waals surface area contributed by atoms with Gasteiger partial charge in [0.15, 0.2) is 0 Å². The molecule has 5 atom stereocenters. The third-order valence-corrected chi connectivity index (χ3v) is 5.15. The number of aliphatic carboxylic acids is 2. The molecule has 0 aliphatic heterocycles. The fourth-order valence-corrected chi connectivity index (χ4v) is 2.98. The van der Waals surface area contributed by atoms with Crippen molar-refractivity contribution in [2.45, 2.75) is 56.5 Å². The summed E-state index contributed by atoms with van der Waals surface area (Å²) >= 11 is 5.40. The van der Waals surface area contributed by atoms with E-state index in [-0.39, 0.29) is 18.6 Å². The molecule has 0 aromatic heterocycles. The fourth-order valence-electron chi connectivity index (χ4n) is 2.26. The Labute approximate surface area is 189 Å². The van der Waals surface area contributed by atoms with Crippen LogP contribution in [0.5, 0.6) is 0 Å². The van der Waals surface area contributed by atoms with Crippen molar-refractivity contribution in [3.05, 3.63) is 0 Å². The molecule has 0 spiro atoms. The van der Waals surface area contributed by atoms with Crippen molar-refractivity contribution in [2.24, 2.45) is 5.73 Å². The van der Waals surface area contributed by atoms with Gasteiger partial charge in [-0.15, -0.1) is 0 Å². The fraction of sp³-hybridized carbons (Fsp3) is 0.706. The zero-order chi connectivity index (χ0) is 24.1. The minimum atomic E-state index is -1.44. The van der Waals surface area contributed by atoms with Gasteiger partial charge in [0.05, 0.1) is 6.10 Å². The van der Waals surface area contributed by atoms with Crippen molar-refractivity contribution < 1.29 is 39.3 Å². The molecule has 178 valence electrons. The molecule has 31 heavy (non-hydrogen) atoms. The number of thiol groups is 1. The summed E-state index contributed by atoms with van der Waals surface area (Å²) < 4.78 is 0. The van der Waals surface area contributed by atoms with Gasteiger partial charge in [0.2, 0.25) is 17.7 Å². The van der Waals surface area contributed by atoms with E-state index < -0.39 is 66.4 Å². The van der Waals surface area contributed by atoms with Crippen LogP contribution in [0.15, 0.2) is 0 Å². The minimum Gasteiger partial charge on any atom is -0.481 e. The number of carboxylic acid groups (broad SMARTS) is 2. The van der Waals surface area contributed by atoms with Gasteiger partial charge in [-0.3, -0.25) is 19.2 Å². The van der Waals surface area contributed by atoms with Crippen LogP contribution in [-0.4, -0.2) is 93.0 Å². The van der Waals surface area contributed by atoms with Crippen LogP contribution in [0.4, 0.5) is 0 Å². The molecule has 0 rings (SSSR count). The van der Waals surface area contributed by atoms with Crippen LogP contribution in [-0.2, 0) is 24.0 Å². The maximum atomic E-state index is 12.6. The quantitative estimate of drug-likeness (QED) is 0.118. The average Bonchev–Trinajstić information content (AvgIpc) is 2.70. The summed E-state index contributed by atoms with van der Waals surface area (Å²) in [5.74, 6) is -4.63. The Morgan fingerprint density at radius 3 is 1.90 bits per heavy atom. The highest BCUT2D eigenvalue weighted by molar-refractivity contribution is 7.98. The number of aliphatic hydroxyl groups excluding tert-OH is 1. The lowest BCUT2D eigenvalue weighted by Crippen LogP contribution is -2.58. The minimum absolute atomic E-state index is 0.128. The number of carbonyl (C=O) groups is 5. The van der Waals surface area contributed by atoms with Crippen molar-refractivity contribution >= 4 is 54.1 Å². The molecule has 12 nitrogen and oxygen atoms in total. The van der Waals surface area contributed by atoms with E-state index in [0.717, 1.165) is 0 Å². The van der Waals surface area contributed by atoms with Crippen molar-refractivity contribution in [2.75, 3.05) is 17.8 Å². The Bertz CT molecular complexity index is 650. The molecule has 5 unspecified atom stereocenters. The van der Waals surface area contributed by atoms with Crippen molar-refractivity contribution in [1.82, 2.24) is 16.0 Å². The van der Waals surface area contributed by atoms with Crippen LogP contribution in [0, 0.1) is 0 Å². The molecule has 0 saturated heterocycles. The topological polar surface area (TPSA) is 208 Å². The normalized spacial score (nSPS) is 15.6. The number of hydrogen-bond donors (Lipinski definition) is 8. The Morgan fingerprint density at radius 1 is 0.935 bits per heavy atom. The van der Waals surface area contributed by atoms with Crippen molar-refractivity contribution in [3.63, 3.8) is 0 Å². The van der Waals surface area contributed by atoms with E-state index in [9.17, 15) is 34.2 Å². The van der Waals surface area contributed by atoms with E-state index in [4.69, 9.17) is 10.8 Å². The lowest BCUT2D eigenvalue weighted by atomic mass is 10.1. The number of carbonyl (C=O) groups excluding carboxylic acids is 3. The summed E-state index contributed by atoms with van der Waals surface area (Å²) in [5.41, 5.74) is 5.53. The van der Waals surface area contributed by atoms with E-state index in [1.54, 1.807) is 6.26 Å². The van der Waals surface area contributed by atoms with Gasteiger partial charge in [0, 0.05) is 12.2 Å². The Kier molecular flexibility index (Phi) is 13.9. The summed E-state index contributed by atoms with van der Waals surface area (Å²) in [6, 6.07) is -5.00. The summed E-state index contributed by atoms with van der Waals surface area (Å²) in [6.07, 6.45) is -0.00676. The van der Waals surface area contributed by atoms with Crippen LogP contribution in [0.2, 0.25) is 0 Å². The second kappa shape index (κ2) is 14.9. The Morgan fingerprint density at radius 2 is 1.45 bits per heavy atom. The number of amides is 3. The van der Waals surface area contributed by atoms with E-state index in [1.165, 1.54) is 18.7 Å². The monoisotopic (exact) mass is 482 g/mol. The van der Waals surface area contributed by atoms with Gasteiger partial charge < -0.3 is 37.0 Å². The van der Waals surface area contributed by atoms with Crippen LogP contribution < -0.4 is 21.7 Å². The van der Waals surface area contributed by atoms with Gasteiger partial charge in [-0.25, -0.2) is 4.79 Å². The largest absolute Gasteiger partial charge is 0.481 e. The van der Waals surface area contributed by atoms with Crippen molar-refractivity contribution in [1.29, 1.82) is 0 Å². The average molecular weight is 483 g/mol. The summed E-state index contributed by atoms with van der Waals surface area (Å²) in [6.45, 7) is 1.31. The van der Waals surface area contributed by atoms with Crippen molar-refractivity contribution in [3.8, 4) is 0 Å². The van der Waals surface area contributed by atoms with E-state index in [0.29, 0.717) is 5.75 Å². The molecule has 0 aromatic rings. The standard InChI is InChI=1S/C17H30N4O8S2/c1-8(22)13(18)16(27)21-11(7-30)15(26)19-9(5-6-31-2)14(25)20-10(17(28)29)3-4-12(23)24/h8-11,13,22,30H,3-7,18H2,1-2H3,(H,19,26)(H,20,25)(H,21,27)(H,23,24)(H,28,29). The predicted octanol–water partition coefficient (Wildman–Crippen LogP) is -2.22. The number of carboxylic acids is 2. The van der Waals surface area contributed by atoms with Crippen LogP contribution >= 0.6 is 24.4 Å². The first-order valence-electron chi connectivity index (χ1n) is 9.33. The molecule has 0 heterocycles. The number of nitrogens with two attached hydrogens (primary N) is 1. The zero-order valence-corrected chi connectivity index (χ0v) is 18.9. The SMILES string of the molecule is CSCCC(NC(=O)C(CS)NC(=O)C(N)C(C)O)C(=O)NC(CCC(=O)O)C(=O)O. The van der Waals surface area contributed by atoms with Gasteiger partial charge in [-0.05, 0) is 31.8 Å². The molecule has 0 saturated carbocycles. The maximum absolute atomic E-state index is 12.6. The molecule has 14 heteroatoms. The van der Waals surface area contributed by atoms with E-state index in [1.807, 2.05) is 0 Å². The number of hydrogen-bond acceptors (Lipinski definition) is 9. The van der Waals surface area contributed by atoms with E-state index >= 15 is 0 Å². The van der Waals surface area contributed by atoms with Gasteiger partial charge in [0.1, 0.15) is 24.2 Å². The molecule has 0 aromatic carbocycles. The molecule has 8 N–H and O–H groups in total. The molecule has 0 bridgehead atoms. The third kappa shape index (κ3) is 11.2. The van der Waals surface area contributed by atoms with Gasteiger partial charge in [-0.2, -0.15) is 24.4 Å². The summed E-state index contributed by atoms with van der Waals surface area (Å²) in [4.78, 5) is 59.1. The molecular formula is C17H30N4O8S2. The molecule has 0 aliphatic rings. The smallest absolute Gasteiger partial charge is 0.326 e. The Hall–Kier alpha value is -2.03. The number of rotatable bonds is 15. The van der Waals surface area contributed by atoms with Gasteiger partial charge >= 0.3 is 11.9 Å². The first kappa shape index (κ1) is 29.0. The molecule has 3 amide bonds. The molecular weight excluding hydrogens is 452 g/mol. The van der Waals surface area contributed by atoms with Gasteiger partial charge in [-0.1, -0.05) is 0 Å². The number of aliphatic hydroxyl groups is 1. The maximum Gasteiger partial charge on any atom is 0.326 e. The summed E-state index contributed by atoms with van der Waals surface area (Å²) in [7, 11) is 0. The lowest BCUT2D eigenvalue weighted by Gasteiger charge is -2.24. The second-order valence-electron chi connectivity index (χ2n) is 6.68. The van der Waals surface area contributed by atoms with Crippen LogP contribution in [0.3, 0.4) is 0 Å².